The molecule has 0 saturated carbocycles. The molecule has 110 valence electrons. The number of thiophene rings is 2. The molecule has 8 heteroatoms. The second-order valence-corrected chi connectivity index (χ2v) is 8.33. The molecule has 0 aliphatic heterocycles. The van der Waals surface area contributed by atoms with E-state index >= 15 is 0 Å². The predicted molar refractivity (Wildman–Crippen MR) is 82.9 cm³/mol. The average molecular weight is 340 g/mol. The molecule has 1 N–H and O–H groups in total. The zero-order chi connectivity index (χ0) is 14.9. The summed E-state index contributed by atoms with van der Waals surface area (Å²) in [5, 5.41) is 7.47. The molecule has 5 nitrogen and oxygen atoms in total. The highest BCUT2D eigenvalue weighted by Crippen LogP contribution is 2.29. The fourth-order valence-electron chi connectivity index (χ4n) is 1.74. The van der Waals surface area contributed by atoms with Crippen molar-refractivity contribution in [1.29, 1.82) is 0 Å². The van der Waals surface area contributed by atoms with E-state index in [0.29, 0.717) is 12.3 Å². The van der Waals surface area contributed by atoms with Crippen LogP contribution in [0, 0.1) is 6.92 Å². The molecule has 0 saturated heterocycles. The Kier molecular flexibility index (Phi) is 3.94. The molecule has 0 atom stereocenters. The topological polar surface area (TPSA) is 72.2 Å². The summed E-state index contributed by atoms with van der Waals surface area (Å²) in [6, 6.07) is 7.16. The number of sulfonamides is 1. The normalized spacial score (nSPS) is 11.9. The first-order chi connectivity index (χ1) is 10.0. The van der Waals surface area contributed by atoms with Crippen molar-refractivity contribution in [3.63, 3.8) is 0 Å². The fraction of sp³-hybridized carbons (Fsp3) is 0.154. The van der Waals surface area contributed by atoms with Gasteiger partial charge < -0.3 is 4.52 Å². The number of aromatic nitrogens is 1. The minimum absolute atomic E-state index is 0.267. The third kappa shape index (κ3) is 3.24. The molecule has 3 aromatic heterocycles. The largest absolute Gasteiger partial charge is 0.356 e. The van der Waals surface area contributed by atoms with Gasteiger partial charge in [-0.1, -0.05) is 11.2 Å². The summed E-state index contributed by atoms with van der Waals surface area (Å²) in [7, 11) is -3.50. The van der Waals surface area contributed by atoms with Crippen LogP contribution in [0.5, 0.6) is 0 Å². The molecule has 0 aliphatic carbocycles. The van der Waals surface area contributed by atoms with Crippen molar-refractivity contribution >= 4 is 32.7 Å². The number of nitrogens with one attached hydrogen (secondary N) is 1. The molecule has 0 fully saturated rings. The molecule has 0 radical (unpaired) electrons. The minimum Gasteiger partial charge on any atom is -0.356 e. The van der Waals surface area contributed by atoms with E-state index in [1.54, 1.807) is 17.5 Å². The SMILES string of the molecule is Cc1cc(-c2csc(S(=O)(=O)NCc3cccs3)c2)on1. The predicted octanol–water partition coefficient (Wildman–Crippen LogP) is 3.25. The van der Waals surface area contributed by atoms with Crippen LogP contribution in [0.25, 0.3) is 11.3 Å². The average Bonchev–Trinajstić information content (AvgIpc) is 3.17. The molecule has 3 rings (SSSR count). The molecular formula is C13H12N2O3S3. The molecule has 21 heavy (non-hydrogen) atoms. The van der Waals surface area contributed by atoms with E-state index in [4.69, 9.17) is 4.52 Å². The van der Waals surface area contributed by atoms with Crippen LogP contribution in [-0.4, -0.2) is 13.6 Å². The molecule has 0 aromatic carbocycles. The van der Waals surface area contributed by atoms with E-state index in [9.17, 15) is 8.42 Å². The molecular weight excluding hydrogens is 328 g/mol. The highest BCUT2D eigenvalue weighted by molar-refractivity contribution is 7.91. The summed E-state index contributed by atoms with van der Waals surface area (Å²) in [5.74, 6) is 0.573. The van der Waals surface area contributed by atoms with Gasteiger partial charge in [-0.2, -0.15) is 0 Å². The van der Waals surface area contributed by atoms with E-state index in [2.05, 4.69) is 9.88 Å². The second-order valence-electron chi connectivity index (χ2n) is 4.39. The quantitative estimate of drug-likeness (QED) is 0.774. The van der Waals surface area contributed by atoms with Gasteiger partial charge in [-0.25, -0.2) is 13.1 Å². The van der Waals surface area contributed by atoms with Gasteiger partial charge in [-0.15, -0.1) is 22.7 Å². The number of hydrogen-bond donors (Lipinski definition) is 1. The minimum atomic E-state index is -3.50. The van der Waals surface area contributed by atoms with E-state index in [1.165, 1.54) is 11.3 Å². The van der Waals surface area contributed by atoms with Gasteiger partial charge >= 0.3 is 0 Å². The number of hydrogen-bond acceptors (Lipinski definition) is 6. The second kappa shape index (κ2) is 5.72. The summed E-state index contributed by atoms with van der Waals surface area (Å²) in [5.41, 5.74) is 1.48. The number of nitrogens with zero attached hydrogens (tertiary/aromatic N) is 1. The van der Waals surface area contributed by atoms with E-state index < -0.39 is 10.0 Å². The number of rotatable bonds is 5. The summed E-state index contributed by atoms with van der Waals surface area (Å²) >= 11 is 2.68. The third-order valence-electron chi connectivity index (χ3n) is 2.77. The van der Waals surface area contributed by atoms with E-state index in [0.717, 1.165) is 27.5 Å². The van der Waals surface area contributed by atoms with Gasteiger partial charge in [0.2, 0.25) is 10.0 Å². The van der Waals surface area contributed by atoms with Gasteiger partial charge in [0, 0.05) is 28.4 Å². The van der Waals surface area contributed by atoms with Crippen molar-refractivity contribution in [2.45, 2.75) is 17.7 Å². The third-order valence-corrected chi connectivity index (χ3v) is 6.49. The van der Waals surface area contributed by atoms with Crippen molar-refractivity contribution in [3.05, 3.63) is 45.6 Å². The Morgan fingerprint density at radius 3 is 2.86 bits per heavy atom. The monoisotopic (exact) mass is 340 g/mol. The van der Waals surface area contributed by atoms with Crippen molar-refractivity contribution in [3.8, 4) is 11.3 Å². The standard InChI is InChI=1S/C13H12N2O3S3/c1-9-5-12(18-15-9)10-6-13(20-8-10)21(16,17)14-7-11-3-2-4-19-11/h2-6,8,14H,7H2,1H3. The Hall–Kier alpha value is -1.48. The van der Waals surface area contributed by atoms with Crippen molar-refractivity contribution in [2.24, 2.45) is 0 Å². The molecule has 0 spiro atoms. The first-order valence-electron chi connectivity index (χ1n) is 6.09. The Labute approximate surface area is 130 Å². The number of aryl methyl sites for hydroxylation is 1. The van der Waals surface area contributed by atoms with Crippen LogP contribution in [0.3, 0.4) is 0 Å². The Morgan fingerprint density at radius 1 is 1.33 bits per heavy atom. The van der Waals surface area contributed by atoms with Crippen LogP contribution in [-0.2, 0) is 16.6 Å². The fourth-order valence-corrected chi connectivity index (χ4v) is 4.69. The van der Waals surface area contributed by atoms with E-state index in [1.807, 2.05) is 24.4 Å². The summed E-state index contributed by atoms with van der Waals surface area (Å²) in [6.45, 7) is 2.12. The maximum atomic E-state index is 12.2. The molecule has 0 bridgehead atoms. The first kappa shape index (κ1) is 14.5. The zero-order valence-electron chi connectivity index (χ0n) is 11.1. The Morgan fingerprint density at radius 2 is 2.19 bits per heavy atom. The lowest BCUT2D eigenvalue weighted by Gasteiger charge is -2.02. The van der Waals surface area contributed by atoms with Gasteiger partial charge in [0.25, 0.3) is 0 Å². The molecule has 0 amide bonds. The van der Waals surface area contributed by atoms with Crippen LogP contribution in [0.15, 0.2) is 43.8 Å². The molecule has 0 unspecified atom stereocenters. The summed E-state index contributed by atoms with van der Waals surface area (Å²) in [4.78, 5) is 0.973. The lowest BCUT2D eigenvalue weighted by molar-refractivity contribution is 0.427. The molecule has 0 aliphatic rings. The highest BCUT2D eigenvalue weighted by Gasteiger charge is 2.18. The van der Waals surface area contributed by atoms with Crippen LogP contribution >= 0.6 is 22.7 Å². The van der Waals surface area contributed by atoms with Crippen molar-refractivity contribution in [2.75, 3.05) is 0 Å². The summed E-state index contributed by atoms with van der Waals surface area (Å²) < 4.78 is 32.5. The molecule has 3 aromatic rings. The van der Waals surface area contributed by atoms with E-state index in [-0.39, 0.29) is 4.21 Å². The van der Waals surface area contributed by atoms with Crippen LogP contribution in [0.1, 0.15) is 10.6 Å². The van der Waals surface area contributed by atoms with Gasteiger partial charge in [-0.05, 0) is 24.4 Å². The van der Waals surface area contributed by atoms with Gasteiger partial charge in [-0.3, -0.25) is 0 Å². The van der Waals surface area contributed by atoms with Gasteiger partial charge in [0.15, 0.2) is 5.76 Å². The lowest BCUT2D eigenvalue weighted by atomic mass is 10.2. The lowest BCUT2D eigenvalue weighted by Crippen LogP contribution is -2.21. The maximum absolute atomic E-state index is 12.2. The van der Waals surface area contributed by atoms with Crippen molar-refractivity contribution < 1.29 is 12.9 Å². The zero-order valence-corrected chi connectivity index (χ0v) is 13.5. The Bertz CT molecular complexity index is 832. The van der Waals surface area contributed by atoms with Crippen LogP contribution in [0.4, 0.5) is 0 Å². The van der Waals surface area contributed by atoms with Gasteiger partial charge in [0.05, 0.1) is 5.69 Å². The van der Waals surface area contributed by atoms with Crippen LogP contribution in [0.2, 0.25) is 0 Å². The van der Waals surface area contributed by atoms with Crippen LogP contribution < -0.4 is 4.72 Å². The molecule has 3 heterocycles. The Balaban J connectivity index is 1.78. The van der Waals surface area contributed by atoms with Gasteiger partial charge in [0.1, 0.15) is 4.21 Å². The smallest absolute Gasteiger partial charge is 0.250 e. The first-order valence-corrected chi connectivity index (χ1v) is 9.33. The maximum Gasteiger partial charge on any atom is 0.250 e. The van der Waals surface area contributed by atoms with Crippen molar-refractivity contribution in [1.82, 2.24) is 9.88 Å². The highest BCUT2D eigenvalue weighted by atomic mass is 32.2. The summed E-state index contributed by atoms with van der Waals surface area (Å²) in [6.07, 6.45) is 0.